The highest BCUT2D eigenvalue weighted by atomic mass is 16.4. The van der Waals surface area contributed by atoms with Crippen molar-refractivity contribution in [2.24, 2.45) is 22.9 Å². The van der Waals surface area contributed by atoms with Crippen molar-refractivity contribution in [3.63, 3.8) is 0 Å². The van der Waals surface area contributed by atoms with Crippen molar-refractivity contribution in [3.05, 3.63) is 0 Å². The molecule has 0 aliphatic carbocycles. The van der Waals surface area contributed by atoms with E-state index < -0.39 is 23.9 Å². The van der Waals surface area contributed by atoms with E-state index in [1.807, 2.05) is 0 Å². The van der Waals surface area contributed by atoms with E-state index in [0.717, 1.165) is 38.5 Å². The maximum Gasteiger partial charge on any atom is 0.320 e. The minimum Gasteiger partial charge on any atom is -0.481 e. The molecular weight excluding hydrogens is 396 g/mol. The van der Waals surface area contributed by atoms with Crippen LogP contribution in [-0.4, -0.2) is 64.9 Å². The molecule has 0 heterocycles. The van der Waals surface area contributed by atoms with Crippen molar-refractivity contribution in [2.45, 2.75) is 70.3 Å². The monoisotopic (exact) mass is 436 g/mol. The molecule has 30 heavy (non-hydrogen) atoms. The highest BCUT2D eigenvalue weighted by molar-refractivity contribution is 5.74. The molecule has 1 unspecified atom stereocenters. The van der Waals surface area contributed by atoms with Crippen LogP contribution in [0.15, 0.2) is 0 Å². The molecule has 0 spiro atoms. The van der Waals surface area contributed by atoms with Gasteiger partial charge in [-0.05, 0) is 51.6 Å². The van der Waals surface area contributed by atoms with Crippen LogP contribution in [0, 0.1) is 5.41 Å². The number of guanidine groups is 1. The average molecular weight is 437 g/mol. The number of nitrogens with one attached hydrogen (secondary N) is 2. The quantitative estimate of drug-likeness (QED) is 0.0925. The Morgan fingerprint density at radius 3 is 1.53 bits per heavy atom. The summed E-state index contributed by atoms with van der Waals surface area (Å²) in [5.41, 5.74) is 20.6. The van der Waals surface area contributed by atoms with Gasteiger partial charge in [0.15, 0.2) is 5.96 Å². The third-order valence-electron chi connectivity index (χ3n) is 3.51. The predicted molar refractivity (Wildman–Crippen MR) is 115 cm³/mol. The van der Waals surface area contributed by atoms with E-state index in [1.54, 1.807) is 0 Å². The van der Waals surface area contributed by atoms with Gasteiger partial charge < -0.3 is 43.6 Å². The van der Waals surface area contributed by atoms with E-state index in [0.29, 0.717) is 32.5 Å². The Morgan fingerprint density at radius 2 is 1.23 bits per heavy atom. The molecule has 0 aromatic rings. The fourth-order valence-corrected chi connectivity index (χ4v) is 1.86. The van der Waals surface area contributed by atoms with E-state index in [9.17, 15) is 14.4 Å². The smallest absolute Gasteiger partial charge is 0.320 e. The second-order valence-corrected chi connectivity index (χ2v) is 6.41. The lowest BCUT2D eigenvalue weighted by Gasteiger charge is -2.06. The molecule has 0 aromatic carbocycles. The number of carboxylic acids is 3. The summed E-state index contributed by atoms with van der Waals surface area (Å²) in [6.45, 7) is 1.82. The average Bonchev–Trinajstić information content (AvgIpc) is 2.66. The van der Waals surface area contributed by atoms with Gasteiger partial charge in [0, 0.05) is 19.4 Å². The molecule has 0 saturated heterocycles. The number of aliphatic carboxylic acids is 3. The number of hydrogen-bond donors (Lipinski definition) is 9. The largest absolute Gasteiger partial charge is 0.481 e. The number of carboxylic acid groups (broad SMARTS) is 3. The second kappa shape index (κ2) is 24.6. The Kier molecular flexibility index (Phi) is 26.4. The molecule has 0 fully saturated rings. The van der Waals surface area contributed by atoms with Gasteiger partial charge in [-0.15, -0.1) is 0 Å². The van der Waals surface area contributed by atoms with Crippen molar-refractivity contribution < 1.29 is 29.7 Å². The van der Waals surface area contributed by atoms with Gasteiger partial charge in [-0.1, -0.05) is 12.8 Å². The molecule has 0 radical (unpaired) electrons. The first-order chi connectivity index (χ1) is 14.1. The zero-order valence-electron chi connectivity index (χ0n) is 17.6. The van der Waals surface area contributed by atoms with Gasteiger partial charge in [0.25, 0.3) is 0 Å². The molecule has 1 atom stereocenters. The van der Waals surface area contributed by atoms with Crippen molar-refractivity contribution in [3.8, 4) is 0 Å². The van der Waals surface area contributed by atoms with E-state index in [1.165, 1.54) is 0 Å². The highest BCUT2D eigenvalue weighted by Crippen LogP contribution is 1.98. The van der Waals surface area contributed by atoms with Gasteiger partial charge in [-0.2, -0.15) is 0 Å². The summed E-state index contributed by atoms with van der Waals surface area (Å²) < 4.78 is 0. The van der Waals surface area contributed by atoms with E-state index >= 15 is 0 Å². The fourth-order valence-electron chi connectivity index (χ4n) is 1.86. The number of carbonyl (C=O) groups is 3. The van der Waals surface area contributed by atoms with Crippen LogP contribution in [0.4, 0.5) is 0 Å². The zero-order valence-corrected chi connectivity index (χ0v) is 17.6. The van der Waals surface area contributed by atoms with Gasteiger partial charge in [0.05, 0.1) is 0 Å². The first kappa shape index (κ1) is 32.2. The predicted octanol–water partition coefficient (Wildman–Crippen LogP) is -0.158. The lowest BCUT2D eigenvalue weighted by Crippen LogP contribution is -2.34. The fraction of sp³-hybridized carbons (Fsp3) is 0.778. The number of hydrogen-bond acceptors (Lipinski definition) is 7. The van der Waals surface area contributed by atoms with Crippen LogP contribution in [0.1, 0.15) is 64.2 Å². The Bertz CT molecular complexity index is 442. The molecule has 0 aromatic heterocycles. The molecule has 13 N–H and O–H groups in total. The van der Waals surface area contributed by atoms with Gasteiger partial charge in [-0.25, -0.2) is 0 Å². The Hall–Kier alpha value is -2.44. The van der Waals surface area contributed by atoms with Crippen LogP contribution < -0.4 is 28.3 Å². The molecule has 0 aliphatic heterocycles. The summed E-state index contributed by atoms with van der Waals surface area (Å²) in [5, 5.41) is 34.1. The van der Waals surface area contributed by atoms with Crippen molar-refractivity contribution in [1.29, 1.82) is 5.41 Å². The SMILES string of the molecule is N=C(N)NCCCC(N)C(=O)O.NCCCCCC(=O)O.NCCCCCC(=O)O. The van der Waals surface area contributed by atoms with Crippen LogP contribution in [0.3, 0.4) is 0 Å². The van der Waals surface area contributed by atoms with Gasteiger partial charge in [0.1, 0.15) is 6.04 Å². The second-order valence-electron chi connectivity index (χ2n) is 6.41. The molecule has 0 amide bonds. The molecule has 0 rings (SSSR count). The summed E-state index contributed by atoms with van der Waals surface area (Å²) in [7, 11) is 0. The van der Waals surface area contributed by atoms with E-state index in [-0.39, 0.29) is 18.8 Å². The van der Waals surface area contributed by atoms with Gasteiger partial charge in [0.2, 0.25) is 0 Å². The van der Waals surface area contributed by atoms with Crippen molar-refractivity contribution in [1.82, 2.24) is 5.32 Å². The number of rotatable bonds is 15. The van der Waals surface area contributed by atoms with Gasteiger partial charge >= 0.3 is 17.9 Å². The minimum atomic E-state index is -1.00. The first-order valence-corrected chi connectivity index (χ1v) is 9.98. The summed E-state index contributed by atoms with van der Waals surface area (Å²) in [4.78, 5) is 30.1. The van der Waals surface area contributed by atoms with Crippen LogP contribution in [0.2, 0.25) is 0 Å². The van der Waals surface area contributed by atoms with Crippen LogP contribution >= 0.6 is 0 Å². The summed E-state index contributed by atoms with van der Waals surface area (Å²) in [6.07, 6.45) is 6.79. The van der Waals surface area contributed by atoms with Crippen molar-refractivity contribution >= 4 is 23.9 Å². The molecular formula is C18H40N6O6. The molecule has 12 nitrogen and oxygen atoms in total. The standard InChI is InChI=1S/C6H14N4O2.2C6H13NO2/c7-4(5(11)12)2-1-3-10-6(8)9;2*7-5-3-1-2-4-6(8)9/h4H,1-3,7H2,(H,11,12)(H4,8,9,10);2*1-5,7H2,(H,8,9). The molecule has 0 aliphatic rings. The first-order valence-electron chi connectivity index (χ1n) is 9.98. The normalized spacial score (nSPS) is 10.5. The Morgan fingerprint density at radius 1 is 0.800 bits per heavy atom. The Balaban J connectivity index is -0.000000371. The lowest BCUT2D eigenvalue weighted by atomic mass is 10.2. The summed E-state index contributed by atoms with van der Waals surface area (Å²) in [6, 6.07) is -0.821. The minimum absolute atomic E-state index is 0.112. The molecule has 0 bridgehead atoms. The van der Waals surface area contributed by atoms with Crippen LogP contribution in [0.25, 0.3) is 0 Å². The van der Waals surface area contributed by atoms with Crippen LogP contribution in [-0.2, 0) is 14.4 Å². The number of unbranched alkanes of at least 4 members (excludes halogenated alkanes) is 4. The topological polar surface area (TPSA) is 252 Å². The highest BCUT2D eigenvalue weighted by Gasteiger charge is 2.09. The summed E-state index contributed by atoms with van der Waals surface area (Å²) >= 11 is 0. The van der Waals surface area contributed by atoms with E-state index in [2.05, 4.69) is 5.32 Å². The Labute approximate surface area is 177 Å². The summed E-state index contributed by atoms with van der Waals surface area (Å²) in [5.74, 6) is -2.55. The van der Waals surface area contributed by atoms with Gasteiger partial charge in [-0.3, -0.25) is 19.8 Å². The lowest BCUT2D eigenvalue weighted by molar-refractivity contribution is -0.139. The van der Waals surface area contributed by atoms with Crippen molar-refractivity contribution in [2.75, 3.05) is 19.6 Å². The third kappa shape index (κ3) is 36.5. The van der Waals surface area contributed by atoms with Crippen LogP contribution in [0.5, 0.6) is 0 Å². The molecule has 0 saturated carbocycles. The number of nitrogens with two attached hydrogens (primary N) is 4. The molecule has 178 valence electrons. The maximum atomic E-state index is 10.2. The third-order valence-corrected chi connectivity index (χ3v) is 3.51. The van der Waals surface area contributed by atoms with E-state index in [4.69, 9.17) is 43.7 Å². The molecule has 12 heteroatoms. The maximum absolute atomic E-state index is 10.2. The zero-order chi connectivity index (χ0) is 23.8.